The van der Waals surface area contributed by atoms with E-state index in [9.17, 15) is 35.1 Å². The third-order valence-corrected chi connectivity index (χ3v) is 4.69. The Labute approximate surface area is 167 Å². The molecule has 0 aliphatic rings. The van der Waals surface area contributed by atoms with Gasteiger partial charge in [-0.25, -0.2) is 4.39 Å². The summed E-state index contributed by atoms with van der Waals surface area (Å²) in [5.74, 6) is -6.73. The number of alkyl halides is 9. The Morgan fingerprint density at radius 3 is 1.63 bits per heavy atom. The van der Waals surface area contributed by atoms with Crippen LogP contribution in [0.2, 0.25) is 0 Å². The van der Waals surface area contributed by atoms with E-state index in [0.29, 0.717) is 17.2 Å². The van der Waals surface area contributed by atoms with Gasteiger partial charge < -0.3 is 0 Å². The number of rotatable bonds is 4. The molecule has 0 spiro atoms. The van der Waals surface area contributed by atoms with E-state index in [1.807, 2.05) is 0 Å². The predicted octanol–water partition coefficient (Wildman–Crippen LogP) is 7.57. The lowest BCUT2D eigenvalue weighted by atomic mass is 9.79. The van der Waals surface area contributed by atoms with Crippen LogP contribution in [0.15, 0.2) is 24.3 Å². The molecule has 1 radical (unpaired) electrons. The molecule has 0 N–H and O–H groups in total. The molecule has 0 aliphatic heterocycles. The maximum absolute atomic E-state index is 15.3. The van der Waals surface area contributed by atoms with Gasteiger partial charge in [-0.1, -0.05) is 42.3 Å². The van der Waals surface area contributed by atoms with Crippen molar-refractivity contribution in [1.29, 1.82) is 0 Å². The molecule has 2 aromatic rings. The monoisotopic (exact) mass is 441 g/mol. The molecular weight excluding hydrogens is 423 g/mol. The maximum atomic E-state index is 15.3. The second-order valence-electron chi connectivity index (χ2n) is 7.18. The Morgan fingerprint density at radius 1 is 0.733 bits per heavy atom. The number of aryl methyl sites for hydroxylation is 4. The molecule has 0 bridgehead atoms. The zero-order valence-electron chi connectivity index (χ0n) is 16.4. The number of hydrogen-bond donors (Lipinski definition) is 0. The largest absolute Gasteiger partial charge is 0.457 e. The quantitative estimate of drug-likeness (QED) is 0.430. The Balaban J connectivity index is 3.09. The average molecular weight is 441 g/mol. The standard InChI is InChI=1S/C21H18F9/c1-5-14-7-13(4)10-16(17(14)15-8-11(2)6-12(3)9-15)18(22,20(25,26)27)19(23,24)21(28,29)30/h6,8-10H,5H2,1-4H3. The molecule has 0 aromatic heterocycles. The second-order valence-corrected chi connectivity index (χ2v) is 7.18. The first-order valence-corrected chi connectivity index (χ1v) is 8.82. The molecule has 2 rings (SSSR count). The molecule has 0 saturated carbocycles. The molecule has 0 aliphatic carbocycles. The molecule has 2 aromatic carbocycles. The van der Waals surface area contributed by atoms with Gasteiger partial charge in [0.2, 0.25) is 0 Å². The Morgan fingerprint density at radius 2 is 1.23 bits per heavy atom. The van der Waals surface area contributed by atoms with E-state index in [4.69, 9.17) is 0 Å². The van der Waals surface area contributed by atoms with Crippen molar-refractivity contribution in [2.24, 2.45) is 0 Å². The minimum atomic E-state index is -6.78. The summed E-state index contributed by atoms with van der Waals surface area (Å²) < 4.78 is 124. The first-order valence-electron chi connectivity index (χ1n) is 8.82. The molecule has 0 saturated heterocycles. The Kier molecular flexibility index (Phi) is 6.02. The summed E-state index contributed by atoms with van der Waals surface area (Å²) in [6.07, 6.45) is -13.4. The van der Waals surface area contributed by atoms with E-state index in [2.05, 4.69) is 6.07 Å². The third-order valence-electron chi connectivity index (χ3n) is 4.69. The van der Waals surface area contributed by atoms with Crippen molar-refractivity contribution < 1.29 is 39.5 Å². The van der Waals surface area contributed by atoms with Crippen LogP contribution < -0.4 is 0 Å². The van der Waals surface area contributed by atoms with Crippen LogP contribution in [0.25, 0.3) is 11.1 Å². The maximum Gasteiger partial charge on any atom is 0.457 e. The van der Waals surface area contributed by atoms with Gasteiger partial charge in [-0.3, -0.25) is 0 Å². The van der Waals surface area contributed by atoms with E-state index in [1.165, 1.54) is 19.1 Å². The fraction of sp³-hybridized carbons (Fsp3) is 0.429. The van der Waals surface area contributed by atoms with Crippen molar-refractivity contribution >= 4 is 0 Å². The second kappa shape index (κ2) is 7.50. The molecule has 0 amide bonds. The molecule has 0 fully saturated rings. The molecule has 165 valence electrons. The molecule has 0 heterocycles. The van der Waals surface area contributed by atoms with Crippen molar-refractivity contribution in [3.8, 4) is 11.1 Å². The zero-order chi connectivity index (χ0) is 23.3. The Bertz CT molecular complexity index is 918. The topological polar surface area (TPSA) is 0 Å². The highest BCUT2D eigenvalue weighted by Gasteiger charge is 2.82. The van der Waals surface area contributed by atoms with Gasteiger partial charge in [-0.05, 0) is 55.5 Å². The van der Waals surface area contributed by atoms with Crippen molar-refractivity contribution in [3.63, 3.8) is 0 Å². The lowest BCUT2D eigenvalue weighted by molar-refractivity contribution is -0.389. The zero-order valence-corrected chi connectivity index (χ0v) is 16.4. The van der Waals surface area contributed by atoms with Crippen molar-refractivity contribution in [2.45, 2.75) is 58.1 Å². The lowest BCUT2D eigenvalue weighted by Gasteiger charge is -2.38. The van der Waals surface area contributed by atoms with Crippen molar-refractivity contribution in [3.05, 3.63) is 58.1 Å². The van der Waals surface area contributed by atoms with Gasteiger partial charge in [-0.2, -0.15) is 35.1 Å². The molecule has 1 unspecified atom stereocenters. The highest BCUT2D eigenvalue weighted by Crippen LogP contribution is 2.60. The van der Waals surface area contributed by atoms with E-state index in [0.717, 1.165) is 6.92 Å². The summed E-state index contributed by atoms with van der Waals surface area (Å²) in [6, 6.07) is 7.25. The van der Waals surface area contributed by atoms with Crippen molar-refractivity contribution in [1.82, 2.24) is 0 Å². The van der Waals surface area contributed by atoms with E-state index in [1.54, 1.807) is 19.9 Å². The van der Waals surface area contributed by atoms with E-state index in [-0.39, 0.29) is 23.1 Å². The van der Waals surface area contributed by atoms with Crippen LogP contribution in [-0.2, 0) is 12.1 Å². The summed E-state index contributed by atoms with van der Waals surface area (Å²) in [7, 11) is 0. The molecule has 0 nitrogen and oxygen atoms in total. The summed E-state index contributed by atoms with van der Waals surface area (Å²) in [5.41, 5.74) is -7.82. The minimum absolute atomic E-state index is 0.0669. The Hall–Kier alpha value is -2.19. The summed E-state index contributed by atoms with van der Waals surface area (Å²) in [4.78, 5) is 0. The number of benzene rings is 2. The van der Waals surface area contributed by atoms with Gasteiger partial charge in [0.15, 0.2) is 0 Å². The van der Waals surface area contributed by atoms with Crippen molar-refractivity contribution in [2.75, 3.05) is 0 Å². The molecular formula is C21H18F9. The predicted molar refractivity (Wildman–Crippen MR) is 94.1 cm³/mol. The fourth-order valence-corrected chi connectivity index (χ4v) is 3.47. The summed E-state index contributed by atoms with van der Waals surface area (Å²) in [5, 5.41) is 0. The van der Waals surface area contributed by atoms with Crippen LogP contribution >= 0.6 is 0 Å². The first kappa shape index (κ1) is 24.1. The molecule has 9 heteroatoms. The van der Waals surface area contributed by atoms with Gasteiger partial charge >= 0.3 is 23.9 Å². The van der Waals surface area contributed by atoms with Crippen LogP contribution in [0.3, 0.4) is 0 Å². The van der Waals surface area contributed by atoms with Crippen LogP contribution in [0.5, 0.6) is 0 Å². The van der Waals surface area contributed by atoms with Gasteiger partial charge in [-0.15, -0.1) is 0 Å². The smallest absolute Gasteiger partial charge is 0.221 e. The number of halogens is 9. The van der Waals surface area contributed by atoms with Crippen LogP contribution in [-0.4, -0.2) is 18.3 Å². The highest BCUT2D eigenvalue weighted by molar-refractivity contribution is 5.74. The average Bonchev–Trinajstić information content (AvgIpc) is 2.56. The fourth-order valence-electron chi connectivity index (χ4n) is 3.47. The molecule has 1 atom stereocenters. The normalized spacial score (nSPS) is 15.2. The van der Waals surface area contributed by atoms with E-state index < -0.39 is 35.1 Å². The summed E-state index contributed by atoms with van der Waals surface area (Å²) >= 11 is 0. The van der Waals surface area contributed by atoms with Gasteiger partial charge in [0.25, 0.3) is 0 Å². The van der Waals surface area contributed by atoms with Gasteiger partial charge in [0.05, 0.1) is 0 Å². The highest BCUT2D eigenvalue weighted by atomic mass is 19.4. The van der Waals surface area contributed by atoms with E-state index >= 15 is 4.39 Å². The van der Waals surface area contributed by atoms with Crippen LogP contribution in [0.4, 0.5) is 39.5 Å². The minimum Gasteiger partial charge on any atom is -0.221 e. The first-order chi connectivity index (χ1) is 13.5. The van der Waals surface area contributed by atoms with Crippen LogP contribution in [0.1, 0.15) is 34.7 Å². The van der Waals surface area contributed by atoms with Gasteiger partial charge in [0.1, 0.15) is 0 Å². The summed E-state index contributed by atoms with van der Waals surface area (Å²) in [6.45, 7) is 5.74. The lowest BCUT2D eigenvalue weighted by Crippen LogP contribution is -2.60. The number of hydrogen-bond acceptors (Lipinski definition) is 0. The molecule has 30 heavy (non-hydrogen) atoms. The van der Waals surface area contributed by atoms with Gasteiger partial charge in [0, 0.05) is 5.56 Å². The van der Waals surface area contributed by atoms with Crippen LogP contribution in [0, 0.1) is 26.8 Å². The SMILES string of the molecule is CCc1[c]c(C)cc(C(F)(C(F)(F)F)C(F)(F)C(F)(F)F)c1-c1cc(C)cc(C)c1. The third kappa shape index (κ3) is 3.78.